The van der Waals surface area contributed by atoms with Gasteiger partial charge in [0.05, 0.1) is 23.1 Å². The summed E-state index contributed by atoms with van der Waals surface area (Å²) in [5, 5.41) is 4.51. The molecule has 1 atom stereocenters. The standard InChI is InChI=1S/C16H16N4/c1-11(12-6-8-18-9-7-12)20-16-13-4-2-3-5-15(13)19-10-14(16)17/h2-11H,17H2,1H3,(H,19,20). The normalized spacial score (nSPS) is 12.2. The fraction of sp³-hybridized carbons (Fsp3) is 0.125. The van der Waals surface area contributed by atoms with E-state index in [-0.39, 0.29) is 6.04 Å². The van der Waals surface area contributed by atoms with Crippen LogP contribution in [0, 0.1) is 0 Å². The Balaban J connectivity index is 2.00. The Kier molecular flexibility index (Phi) is 3.21. The van der Waals surface area contributed by atoms with Crippen molar-refractivity contribution in [1.29, 1.82) is 0 Å². The van der Waals surface area contributed by atoms with E-state index in [2.05, 4.69) is 22.2 Å². The molecule has 3 N–H and O–H groups in total. The molecule has 0 amide bonds. The van der Waals surface area contributed by atoms with Crippen LogP contribution in [0.4, 0.5) is 11.4 Å². The van der Waals surface area contributed by atoms with Crippen LogP contribution in [0.15, 0.2) is 55.0 Å². The molecule has 0 saturated heterocycles. The molecule has 100 valence electrons. The molecule has 0 bridgehead atoms. The summed E-state index contributed by atoms with van der Waals surface area (Å²) in [5.74, 6) is 0. The second kappa shape index (κ2) is 5.17. The maximum absolute atomic E-state index is 6.08. The largest absolute Gasteiger partial charge is 0.396 e. The number of rotatable bonds is 3. The number of fused-ring (bicyclic) bond motifs is 1. The van der Waals surface area contributed by atoms with Gasteiger partial charge in [-0.25, -0.2) is 0 Å². The highest BCUT2D eigenvalue weighted by Crippen LogP contribution is 2.30. The summed E-state index contributed by atoms with van der Waals surface area (Å²) >= 11 is 0. The van der Waals surface area contributed by atoms with Gasteiger partial charge < -0.3 is 11.1 Å². The zero-order chi connectivity index (χ0) is 13.9. The van der Waals surface area contributed by atoms with Crippen LogP contribution >= 0.6 is 0 Å². The first-order chi connectivity index (χ1) is 9.75. The van der Waals surface area contributed by atoms with Gasteiger partial charge in [0.15, 0.2) is 0 Å². The molecule has 0 aliphatic carbocycles. The van der Waals surface area contributed by atoms with Gasteiger partial charge in [0, 0.05) is 23.8 Å². The van der Waals surface area contributed by atoms with E-state index in [0.717, 1.165) is 16.6 Å². The summed E-state index contributed by atoms with van der Waals surface area (Å²) in [5.41, 5.74) is 9.77. The Morgan fingerprint density at radius 2 is 1.85 bits per heavy atom. The number of aromatic nitrogens is 2. The van der Waals surface area contributed by atoms with E-state index in [0.29, 0.717) is 5.69 Å². The van der Waals surface area contributed by atoms with Crippen LogP contribution in [-0.2, 0) is 0 Å². The summed E-state index contributed by atoms with van der Waals surface area (Å²) in [4.78, 5) is 8.39. The third kappa shape index (κ3) is 2.28. The summed E-state index contributed by atoms with van der Waals surface area (Å²) < 4.78 is 0. The fourth-order valence-electron chi connectivity index (χ4n) is 2.27. The minimum absolute atomic E-state index is 0.145. The number of pyridine rings is 2. The number of nitrogens with zero attached hydrogens (tertiary/aromatic N) is 2. The predicted octanol–water partition coefficient (Wildman–Crippen LogP) is 3.39. The summed E-state index contributed by atoms with van der Waals surface area (Å²) in [6.45, 7) is 2.10. The van der Waals surface area contributed by atoms with Crippen molar-refractivity contribution in [3.63, 3.8) is 0 Å². The lowest BCUT2D eigenvalue weighted by Gasteiger charge is -2.18. The molecule has 2 aromatic heterocycles. The quantitative estimate of drug-likeness (QED) is 0.761. The Hall–Kier alpha value is -2.62. The minimum atomic E-state index is 0.145. The van der Waals surface area contributed by atoms with Gasteiger partial charge in [-0.1, -0.05) is 18.2 Å². The van der Waals surface area contributed by atoms with Crippen LogP contribution in [0.1, 0.15) is 18.5 Å². The van der Waals surface area contributed by atoms with E-state index < -0.39 is 0 Å². The lowest BCUT2D eigenvalue weighted by molar-refractivity contribution is 0.883. The highest BCUT2D eigenvalue weighted by Gasteiger charge is 2.10. The molecule has 0 aliphatic heterocycles. The van der Waals surface area contributed by atoms with Gasteiger partial charge in [-0.05, 0) is 30.7 Å². The van der Waals surface area contributed by atoms with Crippen LogP contribution in [0.2, 0.25) is 0 Å². The molecule has 20 heavy (non-hydrogen) atoms. The van der Waals surface area contributed by atoms with Crippen molar-refractivity contribution in [3.05, 3.63) is 60.6 Å². The average molecular weight is 264 g/mol. The van der Waals surface area contributed by atoms with Crippen LogP contribution in [0.3, 0.4) is 0 Å². The molecule has 4 nitrogen and oxygen atoms in total. The lowest BCUT2D eigenvalue weighted by Crippen LogP contribution is -2.09. The Labute approximate surface area is 117 Å². The molecule has 3 rings (SSSR count). The second-order valence-electron chi connectivity index (χ2n) is 4.75. The number of benzene rings is 1. The molecule has 0 radical (unpaired) electrons. The first kappa shape index (κ1) is 12.4. The predicted molar refractivity (Wildman–Crippen MR) is 82.4 cm³/mol. The molecule has 0 fully saturated rings. The van der Waals surface area contributed by atoms with Crippen LogP contribution in [0.5, 0.6) is 0 Å². The van der Waals surface area contributed by atoms with Gasteiger partial charge in [0.2, 0.25) is 0 Å². The number of anilines is 2. The third-order valence-electron chi connectivity index (χ3n) is 3.37. The molecule has 3 aromatic rings. The van der Waals surface area contributed by atoms with Gasteiger partial charge in [0.25, 0.3) is 0 Å². The van der Waals surface area contributed by atoms with Gasteiger partial charge >= 0.3 is 0 Å². The van der Waals surface area contributed by atoms with Crippen molar-refractivity contribution >= 4 is 22.3 Å². The van der Waals surface area contributed by atoms with Gasteiger partial charge in [-0.2, -0.15) is 0 Å². The van der Waals surface area contributed by atoms with Crippen molar-refractivity contribution in [2.75, 3.05) is 11.1 Å². The molecular weight excluding hydrogens is 248 g/mol. The zero-order valence-electron chi connectivity index (χ0n) is 11.2. The van der Waals surface area contributed by atoms with Crippen molar-refractivity contribution in [1.82, 2.24) is 9.97 Å². The number of para-hydroxylation sites is 1. The maximum Gasteiger partial charge on any atom is 0.0743 e. The molecule has 0 spiro atoms. The number of nitrogens with two attached hydrogens (primary N) is 1. The summed E-state index contributed by atoms with van der Waals surface area (Å²) in [6, 6.07) is 12.1. The fourth-order valence-corrected chi connectivity index (χ4v) is 2.27. The van der Waals surface area contributed by atoms with Crippen LogP contribution in [0.25, 0.3) is 10.9 Å². The Bertz CT molecular complexity index is 725. The number of nitrogen functional groups attached to an aromatic ring is 1. The molecule has 0 aliphatic rings. The van der Waals surface area contributed by atoms with Crippen molar-refractivity contribution < 1.29 is 0 Å². The Morgan fingerprint density at radius 1 is 1.10 bits per heavy atom. The summed E-state index contributed by atoms with van der Waals surface area (Å²) in [6.07, 6.45) is 5.28. The van der Waals surface area contributed by atoms with Gasteiger partial charge in [-0.3, -0.25) is 9.97 Å². The number of hydrogen-bond donors (Lipinski definition) is 2. The smallest absolute Gasteiger partial charge is 0.0743 e. The third-order valence-corrected chi connectivity index (χ3v) is 3.37. The van der Waals surface area contributed by atoms with Crippen LogP contribution in [-0.4, -0.2) is 9.97 Å². The van der Waals surface area contributed by atoms with E-state index in [1.54, 1.807) is 18.6 Å². The lowest BCUT2D eigenvalue weighted by atomic mass is 10.1. The van der Waals surface area contributed by atoms with E-state index in [4.69, 9.17) is 5.73 Å². The average Bonchev–Trinajstić information content (AvgIpc) is 2.51. The zero-order valence-corrected chi connectivity index (χ0v) is 11.2. The molecule has 4 heteroatoms. The van der Waals surface area contributed by atoms with E-state index >= 15 is 0 Å². The molecule has 1 unspecified atom stereocenters. The first-order valence-corrected chi connectivity index (χ1v) is 6.55. The van der Waals surface area contributed by atoms with Crippen molar-refractivity contribution in [2.45, 2.75) is 13.0 Å². The minimum Gasteiger partial charge on any atom is -0.396 e. The topological polar surface area (TPSA) is 63.8 Å². The second-order valence-corrected chi connectivity index (χ2v) is 4.75. The monoisotopic (exact) mass is 264 g/mol. The van der Waals surface area contributed by atoms with E-state index in [1.165, 1.54) is 5.56 Å². The molecule has 1 aromatic carbocycles. The van der Waals surface area contributed by atoms with E-state index in [9.17, 15) is 0 Å². The van der Waals surface area contributed by atoms with Gasteiger partial charge in [0.1, 0.15) is 0 Å². The summed E-state index contributed by atoms with van der Waals surface area (Å²) in [7, 11) is 0. The Morgan fingerprint density at radius 3 is 2.65 bits per heavy atom. The molecule has 0 saturated carbocycles. The highest BCUT2D eigenvalue weighted by atomic mass is 14.9. The molecule has 2 heterocycles. The maximum atomic E-state index is 6.08. The van der Waals surface area contributed by atoms with Crippen LogP contribution < -0.4 is 11.1 Å². The first-order valence-electron chi connectivity index (χ1n) is 6.55. The number of hydrogen-bond acceptors (Lipinski definition) is 4. The molecular formula is C16H16N4. The van der Waals surface area contributed by atoms with Gasteiger partial charge in [-0.15, -0.1) is 0 Å². The van der Waals surface area contributed by atoms with E-state index in [1.807, 2.05) is 36.4 Å². The number of nitrogens with one attached hydrogen (secondary N) is 1. The highest BCUT2D eigenvalue weighted by molar-refractivity contribution is 5.96. The SMILES string of the molecule is CC(Nc1c(N)cnc2ccccc12)c1ccncc1. The van der Waals surface area contributed by atoms with Crippen molar-refractivity contribution in [2.24, 2.45) is 0 Å². The van der Waals surface area contributed by atoms with Crippen molar-refractivity contribution in [3.8, 4) is 0 Å².